The number of hydrogen-bond acceptors (Lipinski definition) is 2. The summed E-state index contributed by atoms with van der Waals surface area (Å²) in [6, 6.07) is 1.76. The lowest BCUT2D eigenvalue weighted by Gasteiger charge is -2.23. The molecule has 2 rings (SSSR count). The Morgan fingerprint density at radius 3 is 2.53 bits per heavy atom. The van der Waals surface area contributed by atoms with Crippen LogP contribution in [0.15, 0.2) is 6.07 Å². The number of fused-ring (bicyclic) bond motifs is 1. The highest BCUT2D eigenvalue weighted by Gasteiger charge is 2.24. The van der Waals surface area contributed by atoms with Crippen LogP contribution in [0, 0.1) is 0 Å². The van der Waals surface area contributed by atoms with Gasteiger partial charge in [0.2, 0.25) is 0 Å². The molecule has 0 atom stereocenters. The van der Waals surface area contributed by atoms with Gasteiger partial charge in [0.25, 0.3) is 0 Å². The second kappa shape index (κ2) is 4.13. The van der Waals surface area contributed by atoms with Crippen molar-refractivity contribution in [3.05, 3.63) is 28.6 Å². The molecule has 0 amide bonds. The lowest BCUT2D eigenvalue weighted by molar-refractivity contribution is 0.0695. The lowest BCUT2D eigenvalue weighted by Crippen LogP contribution is -2.20. The SMILES string of the molecule is CC(C)(C)c1cc(C(=O)O)c2c(n1)CCCC2. The molecule has 1 aliphatic rings. The highest BCUT2D eigenvalue weighted by atomic mass is 16.4. The van der Waals surface area contributed by atoms with Crippen LogP contribution in [0.1, 0.15) is 60.9 Å². The topological polar surface area (TPSA) is 50.2 Å². The quantitative estimate of drug-likeness (QED) is 0.811. The Balaban J connectivity index is 2.60. The first kappa shape index (κ1) is 12.1. The zero-order valence-corrected chi connectivity index (χ0v) is 10.7. The molecule has 1 aromatic rings. The van der Waals surface area contributed by atoms with E-state index in [9.17, 15) is 9.90 Å². The monoisotopic (exact) mass is 233 g/mol. The molecular formula is C14H19NO2. The first-order valence-corrected chi connectivity index (χ1v) is 6.16. The van der Waals surface area contributed by atoms with Crippen molar-refractivity contribution in [2.75, 3.05) is 0 Å². The van der Waals surface area contributed by atoms with Crippen LogP contribution in [0.5, 0.6) is 0 Å². The number of carbonyl (C=O) groups is 1. The Kier molecular flexibility index (Phi) is 2.94. The van der Waals surface area contributed by atoms with Crippen molar-refractivity contribution in [2.45, 2.75) is 51.9 Å². The normalized spacial score (nSPS) is 15.5. The van der Waals surface area contributed by atoms with Gasteiger partial charge in [0.1, 0.15) is 0 Å². The van der Waals surface area contributed by atoms with E-state index < -0.39 is 5.97 Å². The molecule has 0 aliphatic heterocycles. The smallest absolute Gasteiger partial charge is 0.336 e. The fourth-order valence-electron chi connectivity index (χ4n) is 2.28. The number of carboxylic acid groups (broad SMARTS) is 1. The van der Waals surface area contributed by atoms with E-state index in [0.717, 1.165) is 42.6 Å². The van der Waals surface area contributed by atoms with E-state index >= 15 is 0 Å². The van der Waals surface area contributed by atoms with E-state index in [1.807, 2.05) is 0 Å². The number of aromatic carboxylic acids is 1. The summed E-state index contributed by atoms with van der Waals surface area (Å²) in [5, 5.41) is 9.30. The van der Waals surface area contributed by atoms with Gasteiger partial charge in [-0.15, -0.1) is 0 Å². The van der Waals surface area contributed by atoms with Crippen molar-refractivity contribution >= 4 is 5.97 Å². The molecule has 1 N–H and O–H groups in total. The number of pyridine rings is 1. The third-order valence-corrected chi connectivity index (χ3v) is 3.30. The zero-order valence-electron chi connectivity index (χ0n) is 10.7. The summed E-state index contributed by atoms with van der Waals surface area (Å²) >= 11 is 0. The zero-order chi connectivity index (χ0) is 12.6. The average Bonchev–Trinajstić information content (AvgIpc) is 2.26. The number of hydrogen-bond donors (Lipinski definition) is 1. The summed E-state index contributed by atoms with van der Waals surface area (Å²) in [6.07, 6.45) is 3.96. The maximum Gasteiger partial charge on any atom is 0.336 e. The summed E-state index contributed by atoms with van der Waals surface area (Å²) in [7, 11) is 0. The molecule has 0 unspecified atom stereocenters. The van der Waals surface area contributed by atoms with Crippen molar-refractivity contribution in [2.24, 2.45) is 0 Å². The minimum atomic E-state index is -0.823. The standard InChI is InChI=1S/C14H19NO2/c1-14(2,3)12-8-10(13(16)17)9-6-4-5-7-11(9)15-12/h8H,4-7H2,1-3H3,(H,16,17). The highest BCUT2D eigenvalue weighted by Crippen LogP contribution is 2.28. The Hall–Kier alpha value is -1.38. The minimum Gasteiger partial charge on any atom is -0.478 e. The van der Waals surface area contributed by atoms with Crippen molar-refractivity contribution in [3.8, 4) is 0 Å². The van der Waals surface area contributed by atoms with Gasteiger partial charge in [-0.3, -0.25) is 4.98 Å². The van der Waals surface area contributed by atoms with Gasteiger partial charge in [-0.1, -0.05) is 20.8 Å². The number of rotatable bonds is 1. The molecule has 0 radical (unpaired) electrons. The van der Waals surface area contributed by atoms with Gasteiger partial charge < -0.3 is 5.11 Å². The second-order valence-corrected chi connectivity index (χ2v) is 5.74. The maximum atomic E-state index is 11.3. The van der Waals surface area contributed by atoms with Crippen LogP contribution in [-0.4, -0.2) is 16.1 Å². The van der Waals surface area contributed by atoms with Gasteiger partial charge in [0, 0.05) is 16.8 Å². The van der Waals surface area contributed by atoms with Crippen LogP contribution in [0.2, 0.25) is 0 Å². The van der Waals surface area contributed by atoms with E-state index in [0.29, 0.717) is 5.56 Å². The largest absolute Gasteiger partial charge is 0.478 e. The van der Waals surface area contributed by atoms with Gasteiger partial charge in [-0.25, -0.2) is 4.79 Å². The van der Waals surface area contributed by atoms with E-state index in [1.54, 1.807) is 6.07 Å². The molecule has 1 heterocycles. The molecule has 0 fully saturated rings. The Bertz CT molecular complexity index is 458. The molecule has 0 bridgehead atoms. The molecule has 0 saturated heterocycles. The fourth-order valence-corrected chi connectivity index (χ4v) is 2.28. The molecule has 1 aromatic heterocycles. The second-order valence-electron chi connectivity index (χ2n) is 5.74. The summed E-state index contributed by atoms with van der Waals surface area (Å²) in [5.41, 5.74) is 3.20. The summed E-state index contributed by atoms with van der Waals surface area (Å²) < 4.78 is 0. The van der Waals surface area contributed by atoms with Crippen LogP contribution in [-0.2, 0) is 18.3 Å². The van der Waals surface area contributed by atoms with Crippen LogP contribution in [0.3, 0.4) is 0 Å². The van der Waals surface area contributed by atoms with Crippen molar-refractivity contribution in [1.29, 1.82) is 0 Å². The lowest BCUT2D eigenvalue weighted by atomic mass is 9.86. The Morgan fingerprint density at radius 1 is 1.29 bits per heavy atom. The number of aromatic nitrogens is 1. The predicted molar refractivity (Wildman–Crippen MR) is 66.5 cm³/mol. The molecule has 3 nitrogen and oxygen atoms in total. The fraction of sp³-hybridized carbons (Fsp3) is 0.571. The summed E-state index contributed by atoms with van der Waals surface area (Å²) in [5.74, 6) is -0.823. The molecule has 0 spiro atoms. The molecular weight excluding hydrogens is 214 g/mol. The van der Waals surface area contributed by atoms with Gasteiger partial charge in [-0.2, -0.15) is 0 Å². The van der Waals surface area contributed by atoms with E-state index in [1.165, 1.54) is 0 Å². The van der Waals surface area contributed by atoms with Gasteiger partial charge in [0.05, 0.1) is 5.56 Å². The van der Waals surface area contributed by atoms with Gasteiger partial charge in [0.15, 0.2) is 0 Å². The maximum absolute atomic E-state index is 11.3. The molecule has 0 saturated carbocycles. The van der Waals surface area contributed by atoms with E-state index in [2.05, 4.69) is 25.8 Å². The summed E-state index contributed by atoms with van der Waals surface area (Å²) in [6.45, 7) is 6.20. The minimum absolute atomic E-state index is 0.101. The van der Waals surface area contributed by atoms with Crippen molar-refractivity contribution in [3.63, 3.8) is 0 Å². The molecule has 17 heavy (non-hydrogen) atoms. The van der Waals surface area contributed by atoms with E-state index in [-0.39, 0.29) is 5.41 Å². The van der Waals surface area contributed by atoms with Gasteiger partial charge >= 0.3 is 5.97 Å². The average molecular weight is 233 g/mol. The Morgan fingerprint density at radius 2 is 1.94 bits per heavy atom. The Labute approximate surface area is 102 Å². The third-order valence-electron chi connectivity index (χ3n) is 3.30. The van der Waals surface area contributed by atoms with Crippen LogP contribution >= 0.6 is 0 Å². The number of aryl methyl sites for hydroxylation is 1. The van der Waals surface area contributed by atoms with Crippen molar-refractivity contribution in [1.82, 2.24) is 4.98 Å². The molecule has 92 valence electrons. The molecule has 1 aliphatic carbocycles. The number of nitrogens with zero attached hydrogens (tertiary/aromatic N) is 1. The van der Waals surface area contributed by atoms with E-state index in [4.69, 9.17) is 0 Å². The first-order chi connectivity index (χ1) is 7.89. The van der Waals surface area contributed by atoms with Crippen molar-refractivity contribution < 1.29 is 9.90 Å². The molecule has 3 heteroatoms. The van der Waals surface area contributed by atoms with Gasteiger partial charge in [-0.05, 0) is 37.3 Å². The highest BCUT2D eigenvalue weighted by molar-refractivity contribution is 5.90. The molecule has 0 aromatic carbocycles. The summed E-state index contributed by atoms with van der Waals surface area (Å²) in [4.78, 5) is 16.0. The third kappa shape index (κ3) is 2.33. The first-order valence-electron chi connectivity index (χ1n) is 6.16. The van der Waals surface area contributed by atoms with Crippen LogP contribution < -0.4 is 0 Å². The predicted octanol–water partition coefficient (Wildman–Crippen LogP) is 2.96. The van der Waals surface area contributed by atoms with Crippen LogP contribution in [0.25, 0.3) is 0 Å². The van der Waals surface area contributed by atoms with Crippen LogP contribution in [0.4, 0.5) is 0 Å². The number of carboxylic acids is 1.